The molecule has 0 radical (unpaired) electrons. The molecule has 1 amide bonds. The van der Waals surface area contributed by atoms with Crippen LogP contribution in [0.4, 0.5) is 5.69 Å². The molecule has 6 heteroatoms. The minimum absolute atomic E-state index is 0.00566. The van der Waals surface area contributed by atoms with Crippen LogP contribution in [-0.4, -0.2) is 26.1 Å². The van der Waals surface area contributed by atoms with Gasteiger partial charge in [0.2, 0.25) is 5.91 Å². The monoisotopic (exact) mass is 380 g/mol. The molecule has 2 N–H and O–H groups in total. The molecule has 0 atom stereocenters. The Hall–Kier alpha value is -1.91. The highest BCUT2D eigenvalue weighted by Gasteiger charge is 2.07. The maximum Gasteiger partial charge on any atom is 0.221 e. The molecule has 0 aliphatic rings. The molecule has 134 valence electrons. The predicted molar refractivity (Wildman–Crippen MR) is 104 cm³/mol. The first-order chi connectivity index (χ1) is 12.0. The summed E-state index contributed by atoms with van der Waals surface area (Å²) < 4.78 is 5.30. The van der Waals surface area contributed by atoms with Gasteiger partial charge in [0.05, 0.1) is 12.8 Å². The van der Waals surface area contributed by atoms with Crippen molar-refractivity contribution < 1.29 is 9.53 Å². The molecule has 2 aromatic carbocycles. The Morgan fingerprint density at radius 1 is 1.12 bits per heavy atom. The summed E-state index contributed by atoms with van der Waals surface area (Å²) in [5.74, 6) is 0.671. The largest absolute Gasteiger partial charge is 0.495 e. The SMILES string of the molecule is COc1cc(Cl)c(C)cc1NCCC(=O)NCCc1ccc(Cl)cc1. The number of benzene rings is 2. The van der Waals surface area contributed by atoms with Gasteiger partial charge >= 0.3 is 0 Å². The van der Waals surface area contributed by atoms with E-state index in [2.05, 4.69) is 10.6 Å². The van der Waals surface area contributed by atoms with Gasteiger partial charge < -0.3 is 15.4 Å². The Labute approximate surface area is 158 Å². The molecule has 0 aliphatic carbocycles. The van der Waals surface area contributed by atoms with Crippen molar-refractivity contribution in [2.45, 2.75) is 19.8 Å². The smallest absolute Gasteiger partial charge is 0.221 e. The van der Waals surface area contributed by atoms with Gasteiger partial charge in [-0.1, -0.05) is 35.3 Å². The maximum atomic E-state index is 11.9. The molecular formula is C19H22Cl2N2O2. The standard InChI is InChI=1S/C19H22Cl2N2O2/c1-13-11-17(18(25-2)12-16(13)21)22-10-8-19(24)23-9-7-14-3-5-15(20)6-4-14/h3-6,11-12,22H,7-10H2,1-2H3,(H,23,24). The van der Waals surface area contributed by atoms with Crippen molar-refractivity contribution in [2.24, 2.45) is 0 Å². The number of halogens is 2. The number of ether oxygens (including phenoxy) is 1. The fourth-order valence-electron chi connectivity index (χ4n) is 2.37. The summed E-state index contributed by atoms with van der Waals surface area (Å²) in [5, 5.41) is 7.50. The summed E-state index contributed by atoms with van der Waals surface area (Å²) in [4.78, 5) is 11.9. The number of hydrogen-bond acceptors (Lipinski definition) is 3. The summed E-state index contributed by atoms with van der Waals surface area (Å²) in [6.07, 6.45) is 1.16. The zero-order chi connectivity index (χ0) is 18.2. The zero-order valence-electron chi connectivity index (χ0n) is 14.4. The number of aryl methyl sites for hydroxylation is 1. The van der Waals surface area contributed by atoms with E-state index in [-0.39, 0.29) is 5.91 Å². The Kier molecular flexibility index (Phi) is 7.41. The molecule has 0 aliphatic heterocycles. The Bertz CT molecular complexity index is 718. The Morgan fingerprint density at radius 2 is 1.84 bits per heavy atom. The molecule has 0 unspecified atom stereocenters. The van der Waals surface area contributed by atoms with Crippen LogP contribution in [0, 0.1) is 6.92 Å². The number of hydrogen-bond donors (Lipinski definition) is 2. The van der Waals surface area contributed by atoms with Crippen molar-refractivity contribution in [1.82, 2.24) is 5.32 Å². The van der Waals surface area contributed by atoms with Crippen molar-refractivity contribution in [2.75, 3.05) is 25.5 Å². The van der Waals surface area contributed by atoms with Gasteiger partial charge in [-0.15, -0.1) is 0 Å². The van der Waals surface area contributed by atoms with Crippen molar-refractivity contribution in [3.8, 4) is 5.75 Å². The second kappa shape index (κ2) is 9.54. The van der Waals surface area contributed by atoms with Crippen molar-refractivity contribution in [3.63, 3.8) is 0 Å². The van der Waals surface area contributed by atoms with Crippen molar-refractivity contribution >= 4 is 34.8 Å². The number of methoxy groups -OCH3 is 1. The lowest BCUT2D eigenvalue weighted by Gasteiger charge is -2.13. The molecule has 2 aromatic rings. The van der Waals surface area contributed by atoms with Gasteiger partial charge in [-0.25, -0.2) is 0 Å². The number of amides is 1. The lowest BCUT2D eigenvalue weighted by molar-refractivity contribution is -0.120. The second-order valence-electron chi connectivity index (χ2n) is 5.70. The number of rotatable bonds is 8. The van der Waals surface area contributed by atoms with Crippen LogP contribution in [-0.2, 0) is 11.2 Å². The summed E-state index contributed by atoms with van der Waals surface area (Å²) in [5.41, 5.74) is 2.93. The molecule has 0 fully saturated rings. The van der Waals surface area contributed by atoms with E-state index in [0.29, 0.717) is 35.3 Å². The molecule has 4 nitrogen and oxygen atoms in total. The summed E-state index contributed by atoms with van der Waals surface area (Å²) in [6.45, 7) is 3.05. The van der Waals surface area contributed by atoms with Crippen LogP contribution in [0.15, 0.2) is 36.4 Å². The van der Waals surface area contributed by atoms with Crippen LogP contribution >= 0.6 is 23.2 Å². The topological polar surface area (TPSA) is 50.4 Å². The minimum Gasteiger partial charge on any atom is -0.495 e. The lowest BCUT2D eigenvalue weighted by atomic mass is 10.1. The third-order valence-electron chi connectivity index (χ3n) is 3.80. The number of anilines is 1. The summed E-state index contributed by atoms with van der Waals surface area (Å²) >= 11 is 11.9. The normalized spacial score (nSPS) is 10.4. The van der Waals surface area contributed by atoms with Crippen LogP contribution in [0.2, 0.25) is 10.0 Å². The van der Waals surface area contributed by atoms with Crippen LogP contribution in [0.1, 0.15) is 17.5 Å². The average molecular weight is 381 g/mol. The number of carbonyl (C=O) groups is 1. The van der Waals surface area contributed by atoms with Gasteiger partial charge in [0.1, 0.15) is 5.75 Å². The minimum atomic E-state index is 0.00566. The first-order valence-corrected chi connectivity index (χ1v) is 8.84. The van der Waals surface area contributed by atoms with Gasteiger partial charge in [0, 0.05) is 35.6 Å². The predicted octanol–water partition coefficient (Wildman–Crippen LogP) is 4.47. The quantitative estimate of drug-likeness (QED) is 0.709. The van der Waals surface area contributed by atoms with Crippen LogP contribution in [0.5, 0.6) is 5.75 Å². The van der Waals surface area contributed by atoms with Gasteiger partial charge in [0.15, 0.2) is 0 Å². The summed E-state index contributed by atoms with van der Waals surface area (Å²) in [6, 6.07) is 11.3. The average Bonchev–Trinajstić information content (AvgIpc) is 2.59. The van der Waals surface area contributed by atoms with E-state index < -0.39 is 0 Å². The third-order valence-corrected chi connectivity index (χ3v) is 4.46. The van der Waals surface area contributed by atoms with Gasteiger partial charge in [-0.3, -0.25) is 4.79 Å². The van der Waals surface area contributed by atoms with E-state index in [9.17, 15) is 4.79 Å². The van der Waals surface area contributed by atoms with Gasteiger partial charge in [-0.2, -0.15) is 0 Å². The van der Waals surface area contributed by atoms with Gasteiger partial charge in [0.25, 0.3) is 0 Å². The molecular weight excluding hydrogens is 359 g/mol. The van der Waals surface area contributed by atoms with Crippen LogP contribution in [0.25, 0.3) is 0 Å². The van der Waals surface area contributed by atoms with Crippen molar-refractivity contribution in [1.29, 1.82) is 0 Å². The number of carbonyl (C=O) groups excluding carboxylic acids is 1. The highest BCUT2D eigenvalue weighted by Crippen LogP contribution is 2.30. The third kappa shape index (κ3) is 6.15. The Morgan fingerprint density at radius 3 is 2.52 bits per heavy atom. The molecule has 0 saturated carbocycles. The van der Waals surface area contributed by atoms with E-state index in [1.54, 1.807) is 13.2 Å². The zero-order valence-corrected chi connectivity index (χ0v) is 15.9. The Balaban J connectivity index is 1.73. The van der Waals surface area contributed by atoms with Crippen molar-refractivity contribution in [3.05, 3.63) is 57.6 Å². The molecule has 0 spiro atoms. The highest BCUT2D eigenvalue weighted by atomic mass is 35.5. The van der Waals surface area contributed by atoms with Crippen LogP contribution in [0.3, 0.4) is 0 Å². The van der Waals surface area contributed by atoms with E-state index >= 15 is 0 Å². The molecule has 0 saturated heterocycles. The second-order valence-corrected chi connectivity index (χ2v) is 6.55. The molecule has 0 heterocycles. The first kappa shape index (κ1) is 19.4. The van der Waals surface area contributed by atoms with E-state index in [1.807, 2.05) is 37.3 Å². The summed E-state index contributed by atoms with van der Waals surface area (Å²) in [7, 11) is 1.59. The van der Waals surface area contributed by atoms with Gasteiger partial charge in [-0.05, 0) is 42.7 Å². The maximum absolute atomic E-state index is 11.9. The van der Waals surface area contributed by atoms with E-state index in [4.69, 9.17) is 27.9 Å². The molecule has 2 rings (SSSR count). The molecule has 25 heavy (non-hydrogen) atoms. The van der Waals surface area contributed by atoms with E-state index in [1.165, 1.54) is 0 Å². The fourth-order valence-corrected chi connectivity index (χ4v) is 2.65. The van der Waals surface area contributed by atoms with E-state index in [0.717, 1.165) is 23.2 Å². The first-order valence-electron chi connectivity index (χ1n) is 8.08. The lowest BCUT2D eigenvalue weighted by Crippen LogP contribution is -2.27. The highest BCUT2D eigenvalue weighted by molar-refractivity contribution is 6.31. The fraction of sp³-hybridized carbons (Fsp3) is 0.316. The number of nitrogens with one attached hydrogen (secondary N) is 2. The van der Waals surface area contributed by atoms with Crippen LogP contribution < -0.4 is 15.4 Å². The molecule has 0 bridgehead atoms. The molecule has 0 aromatic heterocycles.